The van der Waals surface area contributed by atoms with Gasteiger partial charge in [0.05, 0.1) is 13.1 Å². The van der Waals surface area contributed by atoms with Crippen molar-refractivity contribution < 1.29 is 14.1 Å². The quantitative estimate of drug-likeness (QED) is 0.144. The van der Waals surface area contributed by atoms with Crippen LogP contribution in [0, 0.1) is 0 Å². The van der Waals surface area contributed by atoms with Gasteiger partial charge in [0, 0.05) is 0 Å². The molecule has 0 saturated heterocycles. The molecule has 2 amide bonds. The third-order valence-corrected chi connectivity index (χ3v) is 5.44. The van der Waals surface area contributed by atoms with Crippen molar-refractivity contribution in [2.24, 2.45) is 0 Å². The number of imide groups is 1. The SMILES string of the molecule is CCCCCCCCCCCCCCCCCC[N+](C=O)(C=O)CC. The lowest BCUT2D eigenvalue weighted by Crippen LogP contribution is -2.45. The first-order valence-electron chi connectivity index (χ1n) is 11.0. The Morgan fingerprint density at radius 2 is 0.840 bits per heavy atom. The van der Waals surface area contributed by atoms with Crippen LogP contribution in [0.5, 0.6) is 0 Å². The van der Waals surface area contributed by atoms with E-state index in [-0.39, 0.29) is 4.48 Å². The highest BCUT2D eigenvalue weighted by atomic mass is 16.2. The Balaban J connectivity index is 3.24. The van der Waals surface area contributed by atoms with Crippen LogP contribution in [0.3, 0.4) is 0 Å². The molecule has 0 radical (unpaired) electrons. The summed E-state index contributed by atoms with van der Waals surface area (Å²) in [7, 11) is 0. The average Bonchev–Trinajstić information content (AvgIpc) is 2.65. The first kappa shape index (κ1) is 24.3. The number of amides is 2. The summed E-state index contributed by atoms with van der Waals surface area (Å²) in [6, 6.07) is 0. The molecule has 0 unspecified atom stereocenters. The molecule has 0 aliphatic heterocycles. The molecule has 0 heterocycles. The standard InChI is InChI=1S/C22H44NO2/c1-3-5-6-7-8-9-10-11-12-13-14-15-16-17-18-19-20-23(4-2,21-24)22-25/h21-22H,3-20H2,1-2H3/q+1. The Morgan fingerprint density at radius 3 is 1.12 bits per heavy atom. The van der Waals surface area contributed by atoms with Gasteiger partial charge in [-0.15, -0.1) is 0 Å². The van der Waals surface area contributed by atoms with Crippen LogP contribution in [0.4, 0.5) is 0 Å². The predicted octanol–water partition coefficient (Wildman–Crippen LogP) is 6.40. The van der Waals surface area contributed by atoms with Crippen LogP contribution in [0.25, 0.3) is 0 Å². The van der Waals surface area contributed by atoms with E-state index in [0.717, 1.165) is 25.7 Å². The van der Waals surface area contributed by atoms with Gasteiger partial charge in [-0.3, -0.25) is 0 Å². The minimum atomic E-state index is -0.0292. The number of rotatable bonds is 20. The highest BCUT2D eigenvalue weighted by Crippen LogP contribution is 2.14. The van der Waals surface area contributed by atoms with Crippen LogP contribution in [-0.2, 0) is 9.59 Å². The van der Waals surface area contributed by atoms with Crippen molar-refractivity contribution in [2.75, 3.05) is 13.1 Å². The van der Waals surface area contributed by atoms with E-state index in [9.17, 15) is 9.59 Å². The maximum Gasteiger partial charge on any atom is 0.308 e. The number of quaternary nitrogens is 1. The zero-order valence-corrected chi connectivity index (χ0v) is 17.1. The van der Waals surface area contributed by atoms with Gasteiger partial charge >= 0.3 is 12.8 Å². The van der Waals surface area contributed by atoms with Crippen LogP contribution < -0.4 is 0 Å². The molecule has 0 N–H and O–H groups in total. The molecular formula is C22H44NO2+. The van der Waals surface area contributed by atoms with Gasteiger partial charge in [0.2, 0.25) is 0 Å². The van der Waals surface area contributed by atoms with Crippen molar-refractivity contribution in [2.45, 2.75) is 117 Å². The summed E-state index contributed by atoms with van der Waals surface area (Å²) in [5, 5.41) is 0. The Hall–Kier alpha value is -0.700. The van der Waals surface area contributed by atoms with E-state index in [4.69, 9.17) is 0 Å². The molecule has 3 nitrogen and oxygen atoms in total. The third kappa shape index (κ3) is 14.2. The molecule has 0 fully saturated rings. The molecule has 3 heteroatoms. The molecule has 0 aliphatic carbocycles. The second kappa shape index (κ2) is 18.1. The molecule has 25 heavy (non-hydrogen) atoms. The van der Waals surface area contributed by atoms with Crippen molar-refractivity contribution in [1.82, 2.24) is 0 Å². The number of carbonyl (C=O) groups excluding carboxylic acids is 2. The lowest BCUT2D eigenvalue weighted by atomic mass is 10.0. The molecule has 0 aliphatic rings. The maximum absolute atomic E-state index is 11.0. The molecule has 0 bridgehead atoms. The van der Waals surface area contributed by atoms with Crippen molar-refractivity contribution in [3.8, 4) is 0 Å². The Morgan fingerprint density at radius 1 is 0.520 bits per heavy atom. The van der Waals surface area contributed by atoms with Crippen LogP contribution in [-0.4, -0.2) is 30.4 Å². The van der Waals surface area contributed by atoms with E-state index in [1.54, 1.807) is 0 Å². The topological polar surface area (TPSA) is 34.1 Å². The fourth-order valence-corrected chi connectivity index (χ4v) is 3.39. The minimum absolute atomic E-state index is 0.0292. The van der Waals surface area contributed by atoms with Gasteiger partial charge in [-0.2, -0.15) is 0 Å². The van der Waals surface area contributed by atoms with Crippen LogP contribution >= 0.6 is 0 Å². The van der Waals surface area contributed by atoms with Gasteiger partial charge in [-0.05, 0) is 19.8 Å². The third-order valence-electron chi connectivity index (χ3n) is 5.44. The number of nitrogens with zero attached hydrogens (tertiary/aromatic N) is 1. The first-order chi connectivity index (χ1) is 12.2. The highest BCUT2D eigenvalue weighted by Gasteiger charge is 2.23. The second-order valence-electron chi connectivity index (χ2n) is 7.66. The van der Waals surface area contributed by atoms with Crippen molar-refractivity contribution in [1.29, 1.82) is 0 Å². The number of hydrogen-bond donors (Lipinski definition) is 0. The largest absolute Gasteiger partial charge is 0.308 e. The smallest absolute Gasteiger partial charge is 0.233 e. The molecule has 0 atom stereocenters. The Kier molecular flexibility index (Phi) is 17.6. The van der Waals surface area contributed by atoms with E-state index >= 15 is 0 Å². The molecule has 0 rings (SSSR count). The zero-order chi connectivity index (χ0) is 18.6. The molecule has 0 spiro atoms. The second-order valence-corrected chi connectivity index (χ2v) is 7.66. The minimum Gasteiger partial charge on any atom is -0.233 e. The normalized spacial score (nSPS) is 11.6. The summed E-state index contributed by atoms with van der Waals surface area (Å²) < 4.78 is -0.0292. The Bertz CT molecular complexity index is 296. The molecule has 0 aromatic carbocycles. The summed E-state index contributed by atoms with van der Waals surface area (Å²) >= 11 is 0. The lowest BCUT2D eigenvalue weighted by molar-refractivity contribution is -0.758. The molecule has 0 aromatic heterocycles. The number of carbonyl (C=O) groups is 2. The molecule has 0 saturated carbocycles. The average molecular weight is 355 g/mol. The van der Waals surface area contributed by atoms with E-state index in [1.807, 2.05) is 6.92 Å². The summed E-state index contributed by atoms with van der Waals surface area (Å²) in [6.07, 6.45) is 23.1. The van der Waals surface area contributed by atoms with Crippen LogP contribution in [0.15, 0.2) is 0 Å². The van der Waals surface area contributed by atoms with Gasteiger partial charge in [0.15, 0.2) is 0 Å². The van der Waals surface area contributed by atoms with Gasteiger partial charge in [0.25, 0.3) is 0 Å². The summed E-state index contributed by atoms with van der Waals surface area (Å²) in [5.74, 6) is 0. The summed E-state index contributed by atoms with van der Waals surface area (Å²) in [5.41, 5.74) is 0. The fraction of sp³-hybridized carbons (Fsp3) is 0.909. The van der Waals surface area contributed by atoms with Crippen LogP contribution in [0.1, 0.15) is 117 Å². The first-order valence-corrected chi connectivity index (χ1v) is 11.0. The van der Waals surface area contributed by atoms with E-state index < -0.39 is 0 Å². The summed E-state index contributed by atoms with van der Waals surface area (Å²) in [6.45, 7) is 5.42. The van der Waals surface area contributed by atoms with Gasteiger partial charge in [-0.1, -0.05) is 96.8 Å². The van der Waals surface area contributed by atoms with E-state index in [2.05, 4.69) is 6.92 Å². The highest BCUT2D eigenvalue weighted by molar-refractivity contribution is 5.55. The maximum atomic E-state index is 11.0. The monoisotopic (exact) mass is 354 g/mol. The van der Waals surface area contributed by atoms with Crippen molar-refractivity contribution >= 4 is 12.8 Å². The lowest BCUT2D eigenvalue weighted by Gasteiger charge is -2.22. The molecular weight excluding hydrogens is 310 g/mol. The molecule has 148 valence electrons. The number of hydrogen-bond acceptors (Lipinski definition) is 2. The Labute approximate surface area is 157 Å². The van der Waals surface area contributed by atoms with Crippen LogP contribution in [0.2, 0.25) is 0 Å². The molecule has 0 aromatic rings. The van der Waals surface area contributed by atoms with Gasteiger partial charge in [-0.25, -0.2) is 14.1 Å². The van der Waals surface area contributed by atoms with Crippen molar-refractivity contribution in [3.63, 3.8) is 0 Å². The summed E-state index contributed by atoms with van der Waals surface area (Å²) in [4.78, 5) is 22.0. The van der Waals surface area contributed by atoms with E-state index in [0.29, 0.717) is 13.1 Å². The predicted molar refractivity (Wildman–Crippen MR) is 107 cm³/mol. The number of unbranched alkanes of at least 4 members (excludes halogenated alkanes) is 15. The zero-order valence-electron chi connectivity index (χ0n) is 17.1. The van der Waals surface area contributed by atoms with E-state index in [1.165, 1.54) is 89.9 Å². The van der Waals surface area contributed by atoms with Gasteiger partial charge in [0.1, 0.15) is 0 Å². The van der Waals surface area contributed by atoms with Crippen molar-refractivity contribution in [3.05, 3.63) is 0 Å². The fourth-order valence-electron chi connectivity index (χ4n) is 3.39. The van der Waals surface area contributed by atoms with Gasteiger partial charge < -0.3 is 0 Å².